The molecule has 2 rings (SSSR count). The van der Waals surface area contributed by atoms with Gasteiger partial charge in [-0.1, -0.05) is 17.7 Å². The van der Waals surface area contributed by atoms with Crippen molar-refractivity contribution in [2.45, 2.75) is 40.7 Å². The summed E-state index contributed by atoms with van der Waals surface area (Å²) < 4.78 is 11.3. The van der Waals surface area contributed by atoms with Crippen molar-refractivity contribution < 1.29 is 19.1 Å². The van der Waals surface area contributed by atoms with E-state index < -0.39 is 6.10 Å². The highest BCUT2D eigenvalue weighted by Crippen LogP contribution is 2.29. The molecule has 2 aromatic rings. The highest BCUT2D eigenvalue weighted by Gasteiger charge is 2.19. The van der Waals surface area contributed by atoms with E-state index in [1.165, 1.54) is 0 Å². The Morgan fingerprint density at radius 3 is 2.35 bits per heavy atom. The van der Waals surface area contributed by atoms with Gasteiger partial charge in [0.2, 0.25) is 0 Å². The van der Waals surface area contributed by atoms with Crippen molar-refractivity contribution in [2.75, 3.05) is 11.9 Å². The summed E-state index contributed by atoms with van der Waals surface area (Å²) in [4.78, 5) is 23.5. The molecule has 5 heteroatoms. The zero-order valence-electron chi connectivity index (χ0n) is 15.9. The monoisotopic (exact) mass is 355 g/mol. The van der Waals surface area contributed by atoms with E-state index in [1.54, 1.807) is 25.1 Å². The van der Waals surface area contributed by atoms with Gasteiger partial charge in [0.25, 0.3) is 5.91 Å². The van der Waals surface area contributed by atoms with Crippen LogP contribution >= 0.6 is 0 Å². The van der Waals surface area contributed by atoms with Crippen molar-refractivity contribution in [2.24, 2.45) is 0 Å². The molecule has 1 N–H and O–H groups in total. The summed E-state index contributed by atoms with van der Waals surface area (Å²) >= 11 is 0. The number of anilines is 1. The van der Waals surface area contributed by atoms with Crippen LogP contribution in [0.5, 0.6) is 11.5 Å². The number of rotatable bonds is 7. The number of amides is 1. The predicted molar refractivity (Wildman–Crippen MR) is 102 cm³/mol. The molecule has 0 aromatic heterocycles. The van der Waals surface area contributed by atoms with Crippen molar-refractivity contribution >= 4 is 17.9 Å². The first-order chi connectivity index (χ1) is 12.3. The Hall–Kier alpha value is -2.82. The Bertz CT molecular complexity index is 791. The molecule has 0 saturated carbocycles. The fourth-order valence-electron chi connectivity index (χ4n) is 2.81. The van der Waals surface area contributed by atoms with Crippen molar-refractivity contribution in [3.63, 3.8) is 0 Å². The zero-order chi connectivity index (χ0) is 19.3. The van der Waals surface area contributed by atoms with Crippen LogP contribution in [0.25, 0.3) is 0 Å². The highest BCUT2D eigenvalue weighted by atomic mass is 16.5. The average molecular weight is 355 g/mol. The molecule has 0 spiro atoms. The third kappa shape index (κ3) is 4.63. The molecule has 0 aliphatic heterocycles. The Kier molecular flexibility index (Phi) is 6.39. The van der Waals surface area contributed by atoms with Gasteiger partial charge in [0, 0.05) is 11.3 Å². The van der Waals surface area contributed by atoms with Crippen LogP contribution < -0.4 is 14.8 Å². The van der Waals surface area contributed by atoms with Gasteiger partial charge in [0.1, 0.15) is 6.29 Å². The third-order valence-corrected chi connectivity index (χ3v) is 4.00. The fraction of sp³-hybridized carbons (Fsp3) is 0.333. The Morgan fingerprint density at radius 1 is 1.12 bits per heavy atom. The number of ether oxygens (including phenoxy) is 2. The Balaban J connectivity index is 2.16. The van der Waals surface area contributed by atoms with Gasteiger partial charge >= 0.3 is 0 Å². The largest absolute Gasteiger partial charge is 0.490 e. The maximum Gasteiger partial charge on any atom is 0.265 e. The van der Waals surface area contributed by atoms with Gasteiger partial charge < -0.3 is 14.8 Å². The first-order valence-electron chi connectivity index (χ1n) is 8.63. The number of carbonyl (C=O) groups is 2. The quantitative estimate of drug-likeness (QED) is 0.755. The van der Waals surface area contributed by atoms with E-state index in [2.05, 4.69) is 5.32 Å². The molecule has 1 amide bonds. The van der Waals surface area contributed by atoms with E-state index in [-0.39, 0.29) is 5.91 Å². The van der Waals surface area contributed by atoms with Crippen LogP contribution in [0.4, 0.5) is 5.69 Å². The first-order valence-corrected chi connectivity index (χ1v) is 8.63. The lowest BCUT2D eigenvalue weighted by atomic mass is 10.0. The van der Waals surface area contributed by atoms with Crippen LogP contribution in [0, 0.1) is 20.8 Å². The first kappa shape index (κ1) is 19.5. The second-order valence-electron chi connectivity index (χ2n) is 6.28. The highest BCUT2D eigenvalue weighted by molar-refractivity contribution is 5.95. The summed E-state index contributed by atoms with van der Waals surface area (Å²) in [5.74, 6) is 0.624. The van der Waals surface area contributed by atoms with Crippen LogP contribution in [0.15, 0.2) is 30.3 Å². The minimum atomic E-state index is -0.726. The minimum Gasteiger partial charge on any atom is -0.490 e. The molecule has 138 valence electrons. The van der Waals surface area contributed by atoms with Gasteiger partial charge in [0.15, 0.2) is 17.6 Å². The summed E-state index contributed by atoms with van der Waals surface area (Å²) in [6.07, 6.45) is 0.0159. The number of aldehydes is 1. The lowest BCUT2D eigenvalue weighted by molar-refractivity contribution is -0.122. The second kappa shape index (κ2) is 8.52. The lowest BCUT2D eigenvalue weighted by Gasteiger charge is -2.19. The Labute approximate surface area is 154 Å². The topological polar surface area (TPSA) is 64.6 Å². The smallest absolute Gasteiger partial charge is 0.265 e. The number of hydrogen-bond donors (Lipinski definition) is 1. The summed E-state index contributed by atoms with van der Waals surface area (Å²) in [5.41, 5.74) is 4.46. The van der Waals surface area contributed by atoms with Crippen molar-refractivity contribution in [3.8, 4) is 11.5 Å². The molecular weight excluding hydrogens is 330 g/mol. The van der Waals surface area contributed by atoms with Gasteiger partial charge in [-0.25, -0.2) is 0 Å². The summed E-state index contributed by atoms with van der Waals surface area (Å²) in [5, 5.41) is 2.94. The minimum absolute atomic E-state index is 0.248. The van der Waals surface area contributed by atoms with E-state index in [1.807, 2.05) is 39.8 Å². The molecule has 0 heterocycles. The van der Waals surface area contributed by atoms with Gasteiger partial charge in [0.05, 0.1) is 6.61 Å². The second-order valence-corrected chi connectivity index (χ2v) is 6.28. The normalized spacial score (nSPS) is 11.6. The fourth-order valence-corrected chi connectivity index (χ4v) is 2.81. The van der Waals surface area contributed by atoms with Gasteiger partial charge in [-0.2, -0.15) is 0 Å². The summed E-state index contributed by atoms with van der Waals surface area (Å²) in [6.45, 7) is 9.91. The predicted octanol–water partition coefficient (Wildman–Crippen LogP) is 4.23. The number of benzene rings is 2. The molecule has 0 bridgehead atoms. The van der Waals surface area contributed by atoms with Gasteiger partial charge in [-0.15, -0.1) is 0 Å². The molecule has 0 saturated heterocycles. The average Bonchev–Trinajstić information content (AvgIpc) is 2.59. The lowest BCUT2D eigenvalue weighted by Crippen LogP contribution is -2.30. The third-order valence-electron chi connectivity index (χ3n) is 4.00. The molecule has 0 unspecified atom stereocenters. The molecule has 0 aliphatic rings. The standard InChI is InChI=1S/C21H25NO4/c1-6-25-19-11-17(12-23)7-8-18(19)26-16(5)21(24)22-20-14(3)9-13(2)10-15(20)4/h7-12,16H,6H2,1-5H3,(H,22,24)/t16-/m1/s1. The number of aryl methyl sites for hydroxylation is 3. The van der Waals surface area contributed by atoms with Crippen LogP contribution in [-0.4, -0.2) is 24.9 Å². The molecule has 26 heavy (non-hydrogen) atoms. The van der Waals surface area contributed by atoms with E-state index >= 15 is 0 Å². The van der Waals surface area contributed by atoms with Crippen molar-refractivity contribution in [1.82, 2.24) is 0 Å². The van der Waals surface area contributed by atoms with Crippen LogP contribution in [0.1, 0.15) is 40.9 Å². The van der Waals surface area contributed by atoms with E-state index in [0.29, 0.717) is 23.7 Å². The van der Waals surface area contributed by atoms with E-state index in [4.69, 9.17) is 9.47 Å². The maximum atomic E-state index is 12.6. The molecule has 0 radical (unpaired) electrons. The SMILES string of the molecule is CCOc1cc(C=O)ccc1O[C@H](C)C(=O)Nc1c(C)cc(C)cc1C. The van der Waals surface area contributed by atoms with Crippen LogP contribution in [0.2, 0.25) is 0 Å². The van der Waals surface area contributed by atoms with Crippen LogP contribution in [0.3, 0.4) is 0 Å². The molecule has 5 nitrogen and oxygen atoms in total. The van der Waals surface area contributed by atoms with E-state index in [0.717, 1.165) is 28.7 Å². The van der Waals surface area contributed by atoms with E-state index in [9.17, 15) is 9.59 Å². The summed E-state index contributed by atoms with van der Waals surface area (Å²) in [6, 6.07) is 8.92. The summed E-state index contributed by atoms with van der Waals surface area (Å²) in [7, 11) is 0. The molecule has 0 aliphatic carbocycles. The zero-order valence-corrected chi connectivity index (χ0v) is 15.9. The van der Waals surface area contributed by atoms with Gasteiger partial charge in [-0.05, 0) is 63.9 Å². The Morgan fingerprint density at radius 2 is 1.77 bits per heavy atom. The van der Waals surface area contributed by atoms with Crippen molar-refractivity contribution in [3.05, 3.63) is 52.6 Å². The van der Waals surface area contributed by atoms with Crippen molar-refractivity contribution in [1.29, 1.82) is 0 Å². The number of hydrogen-bond acceptors (Lipinski definition) is 4. The molecular formula is C21H25NO4. The molecule has 2 aromatic carbocycles. The molecule has 0 fully saturated rings. The number of nitrogens with one attached hydrogen (secondary N) is 1. The number of carbonyl (C=O) groups excluding carboxylic acids is 2. The maximum absolute atomic E-state index is 12.6. The van der Waals surface area contributed by atoms with Crippen LogP contribution in [-0.2, 0) is 4.79 Å². The van der Waals surface area contributed by atoms with Gasteiger partial charge in [-0.3, -0.25) is 9.59 Å². The molecule has 1 atom stereocenters.